The van der Waals surface area contributed by atoms with E-state index in [0.717, 1.165) is 48.5 Å². The van der Waals surface area contributed by atoms with E-state index >= 15 is 0 Å². The second kappa shape index (κ2) is 6.04. The fraction of sp³-hybridized carbons (Fsp3) is 0.769. The Morgan fingerprint density at radius 3 is 2.61 bits per heavy atom. The molecule has 2 rings (SSSR count). The van der Waals surface area contributed by atoms with Gasteiger partial charge >= 0.3 is 0 Å². The van der Waals surface area contributed by atoms with Gasteiger partial charge in [-0.25, -0.2) is 0 Å². The van der Waals surface area contributed by atoms with Crippen molar-refractivity contribution in [2.75, 3.05) is 0 Å². The summed E-state index contributed by atoms with van der Waals surface area (Å²) in [5.41, 5.74) is 7.81. The lowest BCUT2D eigenvalue weighted by Crippen LogP contribution is -2.30. The second-order valence-electron chi connectivity index (χ2n) is 5.03. The van der Waals surface area contributed by atoms with Crippen molar-refractivity contribution < 1.29 is 4.74 Å². The maximum atomic E-state index is 6.29. The van der Waals surface area contributed by atoms with Gasteiger partial charge in [0, 0.05) is 13.1 Å². The molecule has 1 aliphatic rings. The van der Waals surface area contributed by atoms with Crippen LogP contribution in [0.15, 0.2) is 0 Å². The predicted molar refractivity (Wildman–Crippen MR) is 72.6 cm³/mol. The van der Waals surface area contributed by atoms with Crippen LogP contribution in [0.1, 0.15) is 44.0 Å². The first kappa shape index (κ1) is 13.8. The number of nitrogens with zero attached hydrogens (tertiary/aromatic N) is 2. The number of hydrogen-bond donors (Lipinski definition) is 1. The number of nitrogens with two attached hydrogens (primary N) is 1. The highest BCUT2D eigenvalue weighted by atomic mass is 35.5. The summed E-state index contributed by atoms with van der Waals surface area (Å²) in [6, 6.07) is 0.358. The lowest BCUT2D eigenvalue weighted by Gasteiger charge is -2.26. The molecule has 1 saturated carbocycles. The van der Waals surface area contributed by atoms with E-state index in [1.165, 1.54) is 0 Å². The van der Waals surface area contributed by atoms with Crippen LogP contribution in [0.5, 0.6) is 0 Å². The van der Waals surface area contributed by atoms with Gasteiger partial charge in [-0.1, -0.05) is 18.5 Å². The van der Waals surface area contributed by atoms with Crippen LogP contribution >= 0.6 is 11.6 Å². The molecule has 0 aromatic carbocycles. The zero-order chi connectivity index (χ0) is 13.1. The number of hydrogen-bond acceptors (Lipinski definition) is 3. The van der Waals surface area contributed by atoms with E-state index in [2.05, 4.69) is 12.0 Å². The summed E-state index contributed by atoms with van der Waals surface area (Å²) in [5, 5.41) is 5.15. The Balaban J connectivity index is 1.92. The number of aromatic nitrogens is 2. The van der Waals surface area contributed by atoms with E-state index in [9.17, 15) is 0 Å². The normalized spacial score (nSPS) is 24.4. The Morgan fingerprint density at radius 1 is 1.39 bits per heavy atom. The van der Waals surface area contributed by atoms with E-state index in [1.54, 1.807) is 0 Å². The van der Waals surface area contributed by atoms with Gasteiger partial charge < -0.3 is 10.5 Å². The average Bonchev–Trinajstić information content (AvgIpc) is 2.64. The van der Waals surface area contributed by atoms with Crippen molar-refractivity contribution in [3.63, 3.8) is 0 Å². The minimum absolute atomic E-state index is 0.320. The van der Waals surface area contributed by atoms with Crippen molar-refractivity contribution in [2.24, 2.45) is 12.8 Å². The Hall–Kier alpha value is -0.580. The summed E-state index contributed by atoms with van der Waals surface area (Å²) in [7, 11) is 1.92. The monoisotopic (exact) mass is 271 g/mol. The van der Waals surface area contributed by atoms with Gasteiger partial charge in [-0.3, -0.25) is 4.68 Å². The summed E-state index contributed by atoms with van der Waals surface area (Å²) in [6.07, 6.45) is 5.40. The predicted octanol–water partition coefficient (Wildman–Crippen LogP) is 2.42. The van der Waals surface area contributed by atoms with Crippen LogP contribution < -0.4 is 5.73 Å². The van der Waals surface area contributed by atoms with Gasteiger partial charge in [-0.05, 0) is 32.1 Å². The lowest BCUT2D eigenvalue weighted by molar-refractivity contribution is 0.0109. The van der Waals surface area contributed by atoms with Gasteiger partial charge in [0.1, 0.15) is 0 Å². The van der Waals surface area contributed by atoms with Crippen molar-refractivity contribution in [1.82, 2.24) is 9.78 Å². The Kier molecular flexibility index (Phi) is 4.65. The molecule has 4 nitrogen and oxygen atoms in total. The van der Waals surface area contributed by atoms with Crippen molar-refractivity contribution in [3.8, 4) is 0 Å². The highest BCUT2D eigenvalue weighted by Gasteiger charge is 2.20. The van der Waals surface area contributed by atoms with Crippen LogP contribution in [-0.4, -0.2) is 21.9 Å². The van der Waals surface area contributed by atoms with Crippen molar-refractivity contribution >= 4 is 11.6 Å². The van der Waals surface area contributed by atoms with E-state index in [0.29, 0.717) is 18.8 Å². The highest BCUT2D eigenvalue weighted by Crippen LogP contribution is 2.25. The summed E-state index contributed by atoms with van der Waals surface area (Å²) in [6.45, 7) is 2.60. The van der Waals surface area contributed by atoms with Crippen molar-refractivity contribution in [2.45, 2.75) is 57.8 Å². The molecule has 0 unspecified atom stereocenters. The third-order valence-corrected chi connectivity index (χ3v) is 4.11. The van der Waals surface area contributed by atoms with Gasteiger partial charge in [0.05, 0.1) is 29.1 Å². The first-order chi connectivity index (χ1) is 8.61. The maximum absolute atomic E-state index is 6.29. The molecule has 0 amide bonds. The number of rotatable bonds is 4. The van der Waals surface area contributed by atoms with E-state index in [1.807, 2.05) is 11.7 Å². The topological polar surface area (TPSA) is 53.1 Å². The average molecular weight is 272 g/mol. The van der Waals surface area contributed by atoms with E-state index in [-0.39, 0.29) is 0 Å². The third-order valence-electron chi connectivity index (χ3n) is 3.68. The van der Waals surface area contributed by atoms with Crippen molar-refractivity contribution in [3.05, 3.63) is 16.4 Å². The molecule has 0 atom stereocenters. The molecule has 5 heteroatoms. The van der Waals surface area contributed by atoms with Crippen LogP contribution in [-0.2, 0) is 24.8 Å². The standard InChI is InChI=1S/C13H22ClN3O/c1-3-11-13(14)12(17(2)16-11)8-18-10-6-4-9(15)5-7-10/h9-10H,3-8,15H2,1-2H3. The molecule has 102 valence electrons. The molecule has 0 spiro atoms. The summed E-state index contributed by atoms with van der Waals surface area (Å²) >= 11 is 6.29. The molecular formula is C13H22ClN3O. The minimum Gasteiger partial charge on any atom is -0.372 e. The highest BCUT2D eigenvalue weighted by molar-refractivity contribution is 6.31. The first-order valence-corrected chi connectivity index (χ1v) is 7.07. The second-order valence-corrected chi connectivity index (χ2v) is 5.41. The van der Waals surface area contributed by atoms with Crippen LogP contribution in [0.3, 0.4) is 0 Å². The van der Waals surface area contributed by atoms with Gasteiger partial charge in [0.15, 0.2) is 0 Å². The zero-order valence-electron chi connectivity index (χ0n) is 11.2. The molecule has 18 heavy (non-hydrogen) atoms. The molecule has 0 bridgehead atoms. The molecule has 2 N–H and O–H groups in total. The van der Waals surface area contributed by atoms with Gasteiger partial charge in [0.25, 0.3) is 0 Å². The third kappa shape index (κ3) is 3.05. The van der Waals surface area contributed by atoms with Crippen LogP contribution in [0.4, 0.5) is 0 Å². The molecule has 1 heterocycles. The summed E-state index contributed by atoms with van der Waals surface area (Å²) in [5.74, 6) is 0. The number of ether oxygens (including phenoxy) is 1. The molecule has 0 aliphatic heterocycles. The summed E-state index contributed by atoms with van der Waals surface area (Å²) in [4.78, 5) is 0. The van der Waals surface area contributed by atoms with Crippen LogP contribution in [0, 0.1) is 0 Å². The van der Waals surface area contributed by atoms with E-state index < -0.39 is 0 Å². The quantitative estimate of drug-likeness (QED) is 0.915. The van der Waals surface area contributed by atoms with Crippen molar-refractivity contribution in [1.29, 1.82) is 0 Å². The molecular weight excluding hydrogens is 250 g/mol. The zero-order valence-corrected chi connectivity index (χ0v) is 11.9. The fourth-order valence-electron chi connectivity index (χ4n) is 2.43. The van der Waals surface area contributed by atoms with Crippen LogP contribution in [0.25, 0.3) is 0 Å². The first-order valence-electron chi connectivity index (χ1n) is 6.69. The van der Waals surface area contributed by atoms with Gasteiger partial charge in [-0.2, -0.15) is 5.10 Å². The number of halogens is 1. The van der Waals surface area contributed by atoms with Gasteiger partial charge in [-0.15, -0.1) is 0 Å². The van der Waals surface area contributed by atoms with Crippen LogP contribution in [0.2, 0.25) is 5.02 Å². The molecule has 0 radical (unpaired) electrons. The Morgan fingerprint density at radius 2 is 2.06 bits per heavy atom. The Bertz CT molecular complexity index is 397. The lowest BCUT2D eigenvalue weighted by atomic mass is 9.94. The molecule has 1 aliphatic carbocycles. The minimum atomic E-state index is 0.320. The van der Waals surface area contributed by atoms with Gasteiger partial charge in [0.2, 0.25) is 0 Å². The maximum Gasteiger partial charge on any atom is 0.0903 e. The fourth-order valence-corrected chi connectivity index (χ4v) is 2.78. The molecule has 1 fully saturated rings. The van der Waals surface area contributed by atoms with E-state index in [4.69, 9.17) is 22.1 Å². The molecule has 0 saturated heterocycles. The largest absolute Gasteiger partial charge is 0.372 e. The Labute approximate surface area is 113 Å². The molecule has 1 aromatic heterocycles. The smallest absolute Gasteiger partial charge is 0.0903 e. The number of aryl methyl sites for hydroxylation is 2. The SMILES string of the molecule is CCc1nn(C)c(COC2CCC(N)CC2)c1Cl. The summed E-state index contributed by atoms with van der Waals surface area (Å²) < 4.78 is 7.77. The molecule has 1 aromatic rings.